The van der Waals surface area contributed by atoms with E-state index >= 15 is 0 Å². The highest BCUT2D eigenvalue weighted by Crippen LogP contribution is 2.26. The van der Waals surface area contributed by atoms with E-state index in [9.17, 15) is 10.1 Å². The molecule has 94 valence electrons. The molecule has 0 spiro atoms. The van der Waals surface area contributed by atoms with Crippen molar-refractivity contribution in [1.29, 1.82) is 0 Å². The summed E-state index contributed by atoms with van der Waals surface area (Å²) in [4.78, 5) is 10.5. The number of nitrogens with zero attached hydrogens (tertiary/aromatic N) is 1. The Bertz CT molecular complexity index is 397. The lowest BCUT2D eigenvalue weighted by Crippen LogP contribution is -2.11. The molecule has 6 heteroatoms. The molecule has 1 aromatic carbocycles. The van der Waals surface area contributed by atoms with Gasteiger partial charge in [-0.1, -0.05) is 0 Å². The second kappa shape index (κ2) is 6.42. The quantitative estimate of drug-likeness (QED) is 0.447. The molecule has 1 rings (SSSR count). The average Bonchev–Trinajstić information content (AvgIpc) is 2.29. The third kappa shape index (κ3) is 3.87. The van der Waals surface area contributed by atoms with Gasteiger partial charge in [-0.05, 0) is 18.6 Å². The first-order chi connectivity index (χ1) is 8.08. The number of hydrogen-bond donors (Lipinski definition) is 0. The Hall–Kier alpha value is -1.33. The van der Waals surface area contributed by atoms with Gasteiger partial charge in [-0.3, -0.25) is 10.1 Å². The molecule has 0 bridgehead atoms. The molecule has 17 heavy (non-hydrogen) atoms. The van der Waals surface area contributed by atoms with Crippen LogP contribution in [0.15, 0.2) is 18.2 Å². The van der Waals surface area contributed by atoms with Crippen LogP contribution in [0.5, 0.6) is 5.75 Å². The molecule has 0 amide bonds. The molecular formula is C11H14ClNO4. The number of rotatable bonds is 6. The number of hydrogen-bond acceptors (Lipinski definition) is 4. The highest BCUT2D eigenvalue weighted by atomic mass is 35.5. The summed E-state index contributed by atoms with van der Waals surface area (Å²) in [7, 11) is 3.01. The number of halogens is 1. The number of benzene rings is 1. The van der Waals surface area contributed by atoms with Crippen molar-refractivity contribution >= 4 is 17.3 Å². The van der Waals surface area contributed by atoms with E-state index in [1.165, 1.54) is 20.3 Å². The Kier molecular flexibility index (Phi) is 5.18. The zero-order chi connectivity index (χ0) is 12.8. The summed E-state index contributed by atoms with van der Waals surface area (Å²) in [6.45, 7) is 0.352. The van der Waals surface area contributed by atoms with Crippen molar-refractivity contribution in [3.05, 3.63) is 33.9 Å². The van der Waals surface area contributed by atoms with Gasteiger partial charge in [0.05, 0.1) is 30.1 Å². The number of methoxy groups -OCH3 is 2. The van der Waals surface area contributed by atoms with Crippen LogP contribution in [0.4, 0.5) is 5.69 Å². The highest BCUT2D eigenvalue weighted by molar-refractivity contribution is 6.20. The maximum Gasteiger partial charge on any atom is 0.276 e. The Morgan fingerprint density at radius 3 is 2.71 bits per heavy atom. The molecule has 0 aliphatic carbocycles. The fourth-order valence-corrected chi connectivity index (χ4v) is 1.78. The van der Waals surface area contributed by atoms with Crippen LogP contribution in [0.3, 0.4) is 0 Å². The van der Waals surface area contributed by atoms with Crippen LogP contribution in [0.25, 0.3) is 0 Å². The molecule has 0 saturated heterocycles. The Balaban J connectivity index is 2.94. The first-order valence-corrected chi connectivity index (χ1v) is 5.46. The lowest BCUT2D eigenvalue weighted by molar-refractivity contribution is -0.385. The van der Waals surface area contributed by atoms with Gasteiger partial charge in [0, 0.05) is 12.7 Å². The molecule has 5 nitrogen and oxygen atoms in total. The van der Waals surface area contributed by atoms with Crippen LogP contribution in [-0.2, 0) is 11.2 Å². The molecule has 0 aliphatic rings. The number of alkyl halides is 1. The second-order valence-corrected chi connectivity index (χ2v) is 4.13. The number of ether oxygens (including phenoxy) is 2. The number of nitro benzene ring substituents is 1. The van der Waals surface area contributed by atoms with Crippen molar-refractivity contribution in [2.45, 2.75) is 11.8 Å². The summed E-state index contributed by atoms with van der Waals surface area (Å²) in [5.41, 5.74) is 0.596. The molecule has 0 saturated carbocycles. The van der Waals surface area contributed by atoms with Crippen LogP contribution in [-0.4, -0.2) is 31.1 Å². The SMILES string of the molecule is COCC(Cl)Cc1ccc(OC)cc1[N+](=O)[O-]. The molecule has 0 N–H and O–H groups in total. The summed E-state index contributed by atoms with van der Waals surface area (Å²) in [5.74, 6) is 0.457. The van der Waals surface area contributed by atoms with Gasteiger partial charge in [-0.2, -0.15) is 0 Å². The molecule has 0 radical (unpaired) electrons. The normalized spacial score (nSPS) is 12.2. The standard InChI is InChI=1S/C11H14ClNO4/c1-16-7-9(12)5-8-3-4-10(17-2)6-11(8)13(14)15/h3-4,6,9H,5,7H2,1-2H3. The van der Waals surface area contributed by atoms with Gasteiger partial charge < -0.3 is 9.47 Å². The van der Waals surface area contributed by atoms with E-state index in [1.807, 2.05) is 0 Å². The first kappa shape index (κ1) is 13.7. The Morgan fingerprint density at radius 2 is 2.18 bits per heavy atom. The van der Waals surface area contributed by atoms with Gasteiger partial charge in [0.2, 0.25) is 0 Å². The van der Waals surface area contributed by atoms with Crippen LogP contribution in [0.2, 0.25) is 0 Å². The maximum absolute atomic E-state index is 10.9. The van der Waals surface area contributed by atoms with Crippen LogP contribution in [0.1, 0.15) is 5.56 Å². The predicted octanol–water partition coefficient (Wildman–Crippen LogP) is 2.40. The third-order valence-corrected chi connectivity index (χ3v) is 2.56. The van der Waals surface area contributed by atoms with Crippen molar-refractivity contribution in [1.82, 2.24) is 0 Å². The van der Waals surface area contributed by atoms with E-state index in [-0.39, 0.29) is 11.1 Å². The summed E-state index contributed by atoms with van der Waals surface area (Å²) in [5, 5.41) is 10.6. The van der Waals surface area contributed by atoms with Crippen LogP contribution < -0.4 is 4.74 Å². The molecule has 0 heterocycles. The minimum atomic E-state index is -0.436. The van der Waals surface area contributed by atoms with Gasteiger partial charge in [0.1, 0.15) is 5.75 Å². The Morgan fingerprint density at radius 1 is 1.47 bits per heavy atom. The zero-order valence-electron chi connectivity index (χ0n) is 9.68. The molecule has 0 fully saturated rings. The molecule has 0 aliphatic heterocycles. The monoisotopic (exact) mass is 259 g/mol. The fourth-order valence-electron chi connectivity index (χ4n) is 1.49. The van der Waals surface area contributed by atoms with Gasteiger partial charge >= 0.3 is 0 Å². The Labute approximate surface area is 104 Å². The van der Waals surface area contributed by atoms with Gasteiger partial charge in [0.15, 0.2) is 0 Å². The van der Waals surface area contributed by atoms with Crippen molar-refractivity contribution in [2.75, 3.05) is 20.8 Å². The summed E-state index contributed by atoms with van der Waals surface area (Å²) < 4.78 is 9.84. The van der Waals surface area contributed by atoms with Crippen LogP contribution >= 0.6 is 11.6 Å². The summed E-state index contributed by atoms with van der Waals surface area (Å²) >= 11 is 5.99. The van der Waals surface area contributed by atoms with E-state index in [0.29, 0.717) is 24.3 Å². The minimum Gasteiger partial charge on any atom is -0.497 e. The first-order valence-electron chi connectivity index (χ1n) is 5.02. The topological polar surface area (TPSA) is 61.6 Å². The van der Waals surface area contributed by atoms with E-state index in [0.717, 1.165) is 0 Å². The van der Waals surface area contributed by atoms with E-state index in [2.05, 4.69) is 0 Å². The zero-order valence-corrected chi connectivity index (χ0v) is 10.4. The van der Waals surface area contributed by atoms with Gasteiger partial charge in [0.25, 0.3) is 5.69 Å². The minimum absolute atomic E-state index is 0.0195. The molecular weight excluding hydrogens is 246 g/mol. The van der Waals surface area contributed by atoms with Gasteiger partial charge in [-0.15, -0.1) is 11.6 Å². The third-order valence-electron chi connectivity index (χ3n) is 2.28. The lowest BCUT2D eigenvalue weighted by atomic mass is 10.1. The number of nitro groups is 1. The van der Waals surface area contributed by atoms with E-state index in [1.54, 1.807) is 12.1 Å². The van der Waals surface area contributed by atoms with Gasteiger partial charge in [-0.25, -0.2) is 0 Å². The highest BCUT2D eigenvalue weighted by Gasteiger charge is 2.17. The molecule has 1 atom stereocenters. The predicted molar refractivity (Wildman–Crippen MR) is 64.9 cm³/mol. The van der Waals surface area contributed by atoms with Crippen molar-refractivity contribution in [3.63, 3.8) is 0 Å². The van der Waals surface area contributed by atoms with Crippen molar-refractivity contribution in [2.24, 2.45) is 0 Å². The fraction of sp³-hybridized carbons (Fsp3) is 0.455. The molecule has 1 unspecified atom stereocenters. The lowest BCUT2D eigenvalue weighted by Gasteiger charge is -2.09. The summed E-state index contributed by atoms with van der Waals surface area (Å²) in [6, 6.07) is 4.73. The smallest absolute Gasteiger partial charge is 0.276 e. The maximum atomic E-state index is 10.9. The van der Waals surface area contributed by atoms with Crippen molar-refractivity contribution < 1.29 is 14.4 Å². The van der Waals surface area contributed by atoms with E-state index < -0.39 is 4.92 Å². The van der Waals surface area contributed by atoms with E-state index in [4.69, 9.17) is 21.1 Å². The summed E-state index contributed by atoms with van der Waals surface area (Å²) in [6.07, 6.45) is 0.385. The molecule has 1 aromatic rings. The largest absolute Gasteiger partial charge is 0.497 e. The second-order valence-electron chi connectivity index (χ2n) is 3.51. The average molecular weight is 260 g/mol. The molecule has 0 aromatic heterocycles. The van der Waals surface area contributed by atoms with Crippen LogP contribution in [0, 0.1) is 10.1 Å². The van der Waals surface area contributed by atoms with Crippen molar-refractivity contribution in [3.8, 4) is 5.75 Å².